The Kier molecular flexibility index (Phi) is 6.84. The maximum absolute atomic E-state index is 14.2. The molecule has 0 aliphatic carbocycles. The van der Waals surface area contributed by atoms with Gasteiger partial charge in [-0.3, -0.25) is 0 Å². The minimum Gasteiger partial charge on any atom is -0.456 e. The highest BCUT2D eigenvalue weighted by Crippen LogP contribution is 2.57. The van der Waals surface area contributed by atoms with Crippen LogP contribution in [0.1, 0.15) is 48.7 Å². The number of alkyl halides is 3. The van der Waals surface area contributed by atoms with Gasteiger partial charge in [-0.15, -0.1) is 0 Å². The number of benzene rings is 2. The van der Waals surface area contributed by atoms with Crippen molar-refractivity contribution in [2.24, 2.45) is 4.40 Å². The van der Waals surface area contributed by atoms with Crippen LogP contribution in [0.15, 0.2) is 34.7 Å². The quantitative estimate of drug-likeness (QED) is 0.175. The second kappa shape index (κ2) is 8.70. The molecule has 0 amide bonds. The van der Waals surface area contributed by atoms with E-state index in [2.05, 4.69) is 4.40 Å². The van der Waals surface area contributed by atoms with Crippen LogP contribution in [0.25, 0.3) is 0 Å². The highest BCUT2D eigenvalue weighted by atomic mass is 35.5. The van der Waals surface area contributed by atoms with E-state index in [1.54, 1.807) is 20.8 Å². The summed E-state index contributed by atoms with van der Waals surface area (Å²) in [4.78, 5) is 12.3. The Labute approximate surface area is 201 Å². The van der Waals surface area contributed by atoms with Crippen LogP contribution in [0, 0.1) is 5.82 Å². The predicted octanol–water partition coefficient (Wildman–Crippen LogP) is 8.04. The Balaban J connectivity index is 1.96. The summed E-state index contributed by atoms with van der Waals surface area (Å²) in [5.74, 6) is -1.65. The molecular formula is C21H16Cl3F4NO2S. The van der Waals surface area contributed by atoms with E-state index in [4.69, 9.17) is 39.5 Å². The Morgan fingerprint density at radius 1 is 1.06 bits per heavy atom. The van der Waals surface area contributed by atoms with Crippen LogP contribution >= 0.6 is 46.8 Å². The molecule has 0 radical (unpaired) electrons. The van der Waals surface area contributed by atoms with Crippen molar-refractivity contribution < 1.29 is 27.1 Å². The molecule has 0 saturated heterocycles. The van der Waals surface area contributed by atoms with Gasteiger partial charge in [-0.2, -0.15) is 13.2 Å². The molecule has 3 nitrogen and oxygen atoms in total. The van der Waals surface area contributed by atoms with Crippen molar-refractivity contribution in [1.29, 1.82) is 0 Å². The van der Waals surface area contributed by atoms with Crippen LogP contribution < -0.4 is 0 Å². The first-order chi connectivity index (χ1) is 14.6. The smallest absolute Gasteiger partial charge is 0.409 e. The summed E-state index contributed by atoms with van der Waals surface area (Å²) in [6, 6.07) is 5.98. The molecule has 1 aliphatic heterocycles. The summed E-state index contributed by atoms with van der Waals surface area (Å²) in [7, 11) is 0. The fourth-order valence-corrected chi connectivity index (χ4v) is 4.75. The van der Waals surface area contributed by atoms with Gasteiger partial charge in [0.15, 0.2) is 10.6 Å². The van der Waals surface area contributed by atoms with Crippen LogP contribution in [0.3, 0.4) is 0 Å². The third-order valence-corrected chi connectivity index (χ3v) is 6.65. The second-order valence-electron chi connectivity index (χ2n) is 8.08. The van der Waals surface area contributed by atoms with E-state index < -0.39 is 44.8 Å². The van der Waals surface area contributed by atoms with Gasteiger partial charge in [0, 0.05) is 6.42 Å². The summed E-state index contributed by atoms with van der Waals surface area (Å²) in [5.41, 5.74) is -0.575. The van der Waals surface area contributed by atoms with Crippen LogP contribution in [0.5, 0.6) is 0 Å². The van der Waals surface area contributed by atoms with Gasteiger partial charge in [0.2, 0.25) is 0 Å². The Morgan fingerprint density at radius 2 is 1.66 bits per heavy atom. The van der Waals surface area contributed by atoms with Gasteiger partial charge in [0.05, 0.1) is 26.3 Å². The first kappa shape index (κ1) is 25.1. The summed E-state index contributed by atoms with van der Waals surface area (Å²) < 4.78 is 63.2. The average Bonchev–Trinajstić information content (AvgIpc) is 3.11. The van der Waals surface area contributed by atoms with Crippen molar-refractivity contribution in [3.63, 3.8) is 0 Å². The minimum atomic E-state index is -4.76. The molecule has 0 saturated carbocycles. The lowest BCUT2D eigenvalue weighted by Crippen LogP contribution is -2.38. The lowest BCUT2D eigenvalue weighted by atomic mass is 9.89. The predicted molar refractivity (Wildman–Crippen MR) is 120 cm³/mol. The fourth-order valence-electron chi connectivity index (χ4n) is 3.04. The van der Waals surface area contributed by atoms with Gasteiger partial charge in [-0.25, -0.2) is 13.6 Å². The number of nitrogens with zero attached hydrogens (tertiary/aromatic N) is 1. The van der Waals surface area contributed by atoms with Gasteiger partial charge in [0.25, 0.3) is 0 Å². The lowest BCUT2D eigenvalue weighted by molar-refractivity contribution is -0.159. The molecule has 0 spiro atoms. The summed E-state index contributed by atoms with van der Waals surface area (Å²) in [5, 5.41) is -1.02. The average molecular weight is 529 g/mol. The molecule has 2 aromatic carbocycles. The molecule has 172 valence electrons. The van der Waals surface area contributed by atoms with Crippen LogP contribution in [0.4, 0.5) is 17.6 Å². The molecular weight excluding hydrogens is 513 g/mol. The molecule has 0 bridgehead atoms. The molecule has 11 heteroatoms. The highest BCUT2D eigenvalue weighted by molar-refractivity contribution is 7.99. The lowest BCUT2D eigenvalue weighted by Gasteiger charge is -2.30. The number of ether oxygens (including phenoxy) is 1. The van der Waals surface area contributed by atoms with E-state index in [-0.39, 0.29) is 33.8 Å². The van der Waals surface area contributed by atoms with Crippen LogP contribution in [0.2, 0.25) is 15.1 Å². The molecule has 1 heterocycles. The normalized spacial score (nSPS) is 19.1. The molecule has 1 atom stereocenters. The second-order valence-corrected chi connectivity index (χ2v) is 10.4. The molecule has 3 rings (SSSR count). The summed E-state index contributed by atoms with van der Waals surface area (Å²) in [6.07, 6.45) is -5.32. The fraction of sp³-hybridized carbons (Fsp3) is 0.333. The van der Waals surface area contributed by atoms with Crippen LogP contribution in [-0.4, -0.2) is 23.5 Å². The zero-order valence-corrected chi connectivity index (χ0v) is 20.0. The van der Waals surface area contributed by atoms with E-state index in [1.807, 2.05) is 0 Å². The van der Waals surface area contributed by atoms with Gasteiger partial charge in [-0.1, -0.05) is 40.9 Å². The van der Waals surface area contributed by atoms with E-state index in [0.29, 0.717) is 5.56 Å². The monoisotopic (exact) mass is 527 g/mol. The van der Waals surface area contributed by atoms with Gasteiger partial charge in [0.1, 0.15) is 5.60 Å². The standard InChI is InChI=1S/C21H16Cl3F4NO2S/c1-19(2,3)31-18(30)12-5-4-10(6-13(12)22)16-9-20(32-29-16,21(26,27)28)11-7-14(23)17(25)15(24)8-11/h4-8H,9H2,1-3H3. The topological polar surface area (TPSA) is 38.7 Å². The molecule has 0 fully saturated rings. The highest BCUT2D eigenvalue weighted by Gasteiger charge is 2.60. The van der Waals surface area contributed by atoms with Crippen molar-refractivity contribution in [2.75, 3.05) is 0 Å². The van der Waals surface area contributed by atoms with Crippen molar-refractivity contribution >= 4 is 58.4 Å². The Hall–Kier alpha value is -1.48. The molecule has 2 aromatic rings. The zero-order chi connectivity index (χ0) is 24.1. The minimum absolute atomic E-state index is 0.0156. The number of hydrogen-bond acceptors (Lipinski definition) is 4. The maximum atomic E-state index is 14.2. The molecule has 32 heavy (non-hydrogen) atoms. The molecule has 1 unspecified atom stereocenters. The van der Waals surface area contributed by atoms with Crippen molar-refractivity contribution in [3.05, 3.63) is 67.9 Å². The van der Waals surface area contributed by atoms with E-state index in [9.17, 15) is 22.4 Å². The molecule has 0 N–H and O–H groups in total. The number of carbonyl (C=O) groups excluding carboxylic acids is 1. The van der Waals surface area contributed by atoms with Crippen molar-refractivity contribution in [2.45, 2.75) is 43.7 Å². The van der Waals surface area contributed by atoms with Gasteiger partial charge < -0.3 is 4.74 Å². The van der Waals surface area contributed by atoms with Crippen molar-refractivity contribution in [1.82, 2.24) is 0 Å². The maximum Gasteiger partial charge on any atom is 0.409 e. The number of halogens is 7. The number of rotatable bonds is 3. The summed E-state index contributed by atoms with van der Waals surface area (Å²) in [6.45, 7) is 5.09. The first-order valence-corrected chi connectivity index (χ1v) is 11.1. The third kappa shape index (κ3) is 4.88. The van der Waals surface area contributed by atoms with Crippen LogP contribution in [-0.2, 0) is 9.48 Å². The SMILES string of the molecule is CC(C)(C)OC(=O)c1ccc(C2=NSC(c3cc(Cl)c(F)c(Cl)c3)(C(F)(F)F)C2)cc1Cl. The zero-order valence-electron chi connectivity index (χ0n) is 16.9. The number of esters is 1. The van der Waals surface area contributed by atoms with E-state index >= 15 is 0 Å². The summed E-state index contributed by atoms with van der Waals surface area (Å²) >= 11 is 18.0. The largest absolute Gasteiger partial charge is 0.456 e. The van der Waals surface area contributed by atoms with Crippen molar-refractivity contribution in [3.8, 4) is 0 Å². The molecule has 1 aliphatic rings. The van der Waals surface area contributed by atoms with Gasteiger partial charge in [-0.05, 0) is 68.1 Å². The van der Waals surface area contributed by atoms with Gasteiger partial charge >= 0.3 is 12.1 Å². The number of hydrogen-bond donors (Lipinski definition) is 0. The molecule has 0 aromatic heterocycles. The Morgan fingerprint density at radius 3 is 2.16 bits per heavy atom. The number of carbonyl (C=O) groups is 1. The third-order valence-electron chi connectivity index (χ3n) is 4.56. The van der Waals surface area contributed by atoms with E-state index in [0.717, 1.165) is 12.1 Å². The first-order valence-electron chi connectivity index (χ1n) is 9.15. The van der Waals surface area contributed by atoms with E-state index in [1.165, 1.54) is 18.2 Å². The Bertz CT molecular complexity index is 1090.